The van der Waals surface area contributed by atoms with Gasteiger partial charge in [0.15, 0.2) is 11.5 Å². The highest BCUT2D eigenvalue weighted by atomic mass is 16.5. The Kier molecular flexibility index (Phi) is 5.11. The van der Waals surface area contributed by atoms with E-state index in [4.69, 9.17) is 15.2 Å². The van der Waals surface area contributed by atoms with E-state index in [0.29, 0.717) is 17.3 Å². The fourth-order valence-electron chi connectivity index (χ4n) is 2.27. The summed E-state index contributed by atoms with van der Waals surface area (Å²) in [5.74, 6) is 1.85. The van der Waals surface area contributed by atoms with Crippen molar-refractivity contribution < 1.29 is 9.47 Å². The minimum absolute atomic E-state index is 0.492. The molecule has 0 fully saturated rings. The number of nitrogens with zero attached hydrogens (tertiary/aromatic N) is 2. The van der Waals surface area contributed by atoms with Crippen molar-refractivity contribution in [3.05, 3.63) is 53.2 Å². The van der Waals surface area contributed by atoms with Gasteiger partial charge >= 0.3 is 0 Å². The fourth-order valence-corrected chi connectivity index (χ4v) is 2.27. The summed E-state index contributed by atoms with van der Waals surface area (Å²) in [4.78, 5) is 0. The third-order valence-corrected chi connectivity index (χ3v) is 3.39. The zero-order chi connectivity index (χ0) is 17.0. The van der Waals surface area contributed by atoms with Gasteiger partial charge in [-0.1, -0.05) is 11.6 Å². The number of aromatic nitrogens is 2. The van der Waals surface area contributed by atoms with E-state index >= 15 is 0 Å². The molecule has 0 aliphatic heterocycles. The molecule has 0 atom stereocenters. The number of anilines is 1. The van der Waals surface area contributed by atoms with E-state index in [2.05, 4.69) is 5.10 Å². The number of allylic oxidation sites excluding steroid dienone is 3. The summed E-state index contributed by atoms with van der Waals surface area (Å²) in [7, 11) is 3.24. The number of rotatable bonds is 5. The third-order valence-electron chi connectivity index (χ3n) is 3.39. The number of aryl methyl sites for hydroxylation is 1. The van der Waals surface area contributed by atoms with Crippen molar-refractivity contribution in [2.45, 2.75) is 20.8 Å². The van der Waals surface area contributed by atoms with Crippen LogP contribution in [0.3, 0.4) is 0 Å². The second kappa shape index (κ2) is 7.05. The van der Waals surface area contributed by atoms with Crippen LogP contribution in [0, 0.1) is 6.92 Å². The standard InChI is InChI=1S/C18H23N3O2/c1-12(2)6-8-15(21-13(3)10-18(19)20-21)14-7-9-16(22-4)17(11-14)23-5/h6-11H,1-5H3,(H2,19,20)/b15-8-. The molecule has 0 saturated heterocycles. The Balaban J connectivity index is 2.61. The third kappa shape index (κ3) is 3.74. The largest absolute Gasteiger partial charge is 0.493 e. The molecule has 0 radical (unpaired) electrons. The first-order valence-electron chi connectivity index (χ1n) is 7.36. The smallest absolute Gasteiger partial charge is 0.161 e. The van der Waals surface area contributed by atoms with Gasteiger partial charge in [-0.05, 0) is 45.0 Å². The zero-order valence-corrected chi connectivity index (χ0v) is 14.3. The number of hydrogen-bond donors (Lipinski definition) is 1. The molecule has 0 unspecified atom stereocenters. The summed E-state index contributed by atoms with van der Waals surface area (Å²) in [6, 6.07) is 7.63. The number of hydrogen-bond acceptors (Lipinski definition) is 4. The number of nitrogen functional groups attached to an aromatic ring is 1. The molecule has 122 valence electrons. The van der Waals surface area contributed by atoms with E-state index in [9.17, 15) is 0 Å². The first-order chi connectivity index (χ1) is 11.0. The van der Waals surface area contributed by atoms with Gasteiger partial charge in [0, 0.05) is 17.3 Å². The SMILES string of the molecule is COc1ccc(/C(=C/C=C(C)C)n2nc(N)cc2C)cc1OC. The van der Waals surface area contributed by atoms with Crippen LogP contribution in [0.1, 0.15) is 25.1 Å². The maximum atomic E-state index is 5.83. The molecule has 1 aromatic heterocycles. The van der Waals surface area contributed by atoms with Gasteiger partial charge in [0.1, 0.15) is 5.82 Å². The Hall–Kier alpha value is -2.69. The predicted octanol–water partition coefficient (Wildman–Crippen LogP) is 3.65. The minimum Gasteiger partial charge on any atom is -0.493 e. The molecule has 1 aromatic carbocycles. The Labute approximate surface area is 137 Å². The van der Waals surface area contributed by atoms with Gasteiger partial charge in [-0.25, -0.2) is 4.68 Å². The van der Waals surface area contributed by atoms with Crippen LogP contribution in [0.2, 0.25) is 0 Å². The van der Waals surface area contributed by atoms with Crippen LogP contribution >= 0.6 is 0 Å². The Morgan fingerprint density at radius 2 is 1.78 bits per heavy atom. The molecule has 2 aromatic rings. The highest BCUT2D eigenvalue weighted by Gasteiger charge is 2.12. The lowest BCUT2D eigenvalue weighted by molar-refractivity contribution is 0.355. The Morgan fingerprint density at radius 3 is 2.30 bits per heavy atom. The van der Waals surface area contributed by atoms with Crippen molar-refractivity contribution in [2.24, 2.45) is 0 Å². The topological polar surface area (TPSA) is 62.3 Å². The molecule has 0 spiro atoms. The Morgan fingerprint density at radius 1 is 1.09 bits per heavy atom. The van der Waals surface area contributed by atoms with Crippen LogP contribution in [0.4, 0.5) is 5.82 Å². The van der Waals surface area contributed by atoms with E-state index < -0.39 is 0 Å². The molecule has 5 nitrogen and oxygen atoms in total. The highest BCUT2D eigenvalue weighted by Crippen LogP contribution is 2.31. The molecule has 0 aliphatic rings. The summed E-state index contributed by atoms with van der Waals surface area (Å²) < 4.78 is 12.5. The van der Waals surface area contributed by atoms with Crippen molar-refractivity contribution in [2.75, 3.05) is 20.0 Å². The quantitative estimate of drug-likeness (QED) is 0.856. The van der Waals surface area contributed by atoms with Gasteiger partial charge in [0.05, 0.1) is 19.9 Å². The van der Waals surface area contributed by atoms with Gasteiger partial charge in [0.25, 0.3) is 0 Å². The van der Waals surface area contributed by atoms with Crippen LogP contribution in [-0.4, -0.2) is 24.0 Å². The van der Waals surface area contributed by atoms with Crippen LogP contribution < -0.4 is 15.2 Å². The van der Waals surface area contributed by atoms with Gasteiger partial charge in [0.2, 0.25) is 0 Å². The molecule has 0 bridgehead atoms. The first-order valence-corrected chi connectivity index (χ1v) is 7.36. The van der Waals surface area contributed by atoms with Crippen LogP contribution in [-0.2, 0) is 0 Å². The molecule has 0 saturated carbocycles. The van der Waals surface area contributed by atoms with Gasteiger partial charge in [-0.15, -0.1) is 0 Å². The predicted molar refractivity (Wildman–Crippen MR) is 93.7 cm³/mol. The van der Waals surface area contributed by atoms with Crippen molar-refractivity contribution in [3.8, 4) is 11.5 Å². The van der Waals surface area contributed by atoms with Crippen LogP contribution in [0.5, 0.6) is 11.5 Å². The average molecular weight is 313 g/mol. The summed E-state index contributed by atoms with van der Waals surface area (Å²) >= 11 is 0. The monoisotopic (exact) mass is 313 g/mol. The molecule has 1 heterocycles. The molecule has 5 heteroatoms. The molecule has 0 aliphatic carbocycles. The maximum Gasteiger partial charge on any atom is 0.161 e. The number of nitrogens with two attached hydrogens (primary N) is 1. The van der Waals surface area contributed by atoms with Crippen molar-refractivity contribution >= 4 is 11.5 Å². The van der Waals surface area contributed by atoms with E-state index in [1.807, 2.05) is 61.9 Å². The van der Waals surface area contributed by atoms with E-state index in [0.717, 1.165) is 17.0 Å². The van der Waals surface area contributed by atoms with Gasteiger partial charge in [-0.2, -0.15) is 5.10 Å². The fraction of sp³-hybridized carbons (Fsp3) is 0.278. The van der Waals surface area contributed by atoms with E-state index in [1.54, 1.807) is 14.2 Å². The summed E-state index contributed by atoms with van der Waals surface area (Å²) in [5, 5.41) is 4.39. The first kappa shape index (κ1) is 16.7. The minimum atomic E-state index is 0.492. The lowest BCUT2D eigenvalue weighted by atomic mass is 10.1. The maximum absolute atomic E-state index is 5.83. The highest BCUT2D eigenvalue weighted by molar-refractivity contribution is 5.70. The zero-order valence-electron chi connectivity index (χ0n) is 14.3. The molecule has 2 rings (SSSR count). The van der Waals surface area contributed by atoms with Crippen molar-refractivity contribution in [1.29, 1.82) is 0 Å². The summed E-state index contributed by atoms with van der Waals surface area (Å²) in [5.41, 5.74) is 9.87. The summed E-state index contributed by atoms with van der Waals surface area (Å²) in [6.45, 7) is 6.07. The second-order valence-electron chi connectivity index (χ2n) is 5.49. The molecular weight excluding hydrogens is 290 g/mol. The lowest BCUT2D eigenvalue weighted by Gasteiger charge is -2.13. The van der Waals surface area contributed by atoms with E-state index in [1.165, 1.54) is 5.57 Å². The van der Waals surface area contributed by atoms with E-state index in [-0.39, 0.29) is 0 Å². The molecule has 0 amide bonds. The lowest BCUT2D eigenvalue weighted by Crippen LogP contribution is -2.04. The second-order valence-corrected chi connectivity index (χ2v) is 5.49. The van der Waals surface area contributed by atoms with Crippen LogP contribution in [0.25, 0.3) is 5.70 Å². The number of methoxy groups -OCH3 is 2. The number of benzene rings is 1. The normalized spacial score (nSPS) is 11.3. The van der Waals surface area contributed by atoms with Crippen molar-refractivity contribution in [3.63, 3.8) is 0 Å². The average Bonchev–Trinajstić information content (AvgIpc) is 2.85. The summed E-state index contributed by atoms with van der Waals surface area (Å²) in [6.07, 6.45) is 4.07. The van der Waals surface area contributed by atoms with Gasteiger partial charge < -0.3 is 15.2 Å². The molecule has 23 heavy (non-hydrogen) atoms. The van der Waals surface area contributed by atoms with Crippen LogP contribution in [0.15, 0.2) is 42.0 Å². The molecule has 2 N–H and O–H groups in total. The van der Waals surface area contributed by atoms with Gasteiger partial charge in [-0.3, -0.25) is 0 Å². The number of ether oxygens (including phenoxy) is 2. The van der Waals surface area contributed by atoms with Crippen molar-refractivity contribution in [1.82, 2.24) is 9.78 Å². The Bertz CT molecular complexity index is 754. The molecular formula is C18H23N3O2.